The number of hydrogen-bond acceptors (Lipinski definition) is 3. The fourth-order valence-electron chi connectivity index (χ4n) is 2.32. The third-order valence-electron chi connectivity index (χ3n) is 3.38. The number of rotatable bonds is 7. The smallest absolute Gasteiger partial charge is 0.127 e. The van der Waals surface area contributed by atoms with Crippen molar-refractivity contribution in [2.75, 3.05) is 27.2 Å². The summed E-state index contributed by atoms with van der Waals surface area (Å²) in [6.45, 7) is 7.23. The first-order valence-electron chi connectivity index (χ1n) is 6.84. The van der Waals surface area contributed by atoms with Gasteiger partial charge in [-0.2, -0.15) is 0 Å². The predicted molar refractivity (Wildman–Crippen MR) is 78.4 cm³/mol. The van der Waals surface area contributed by atoms with Gasteiger partial charge in [0.1, 0.15) is 5.82 Å². The number of hydrogen-bond donors (Lipinski definition) is 1. The quantitative estimate of drug-likeness (QED) is 0.821. The maximum absolute atomic E-state index is 13.9. The Morgan fingerprint density at radius 1 is 1.32 bits per heavy atom. The maximum atomic E-state index is 13.9. The highest BCUT2D eigenvalue weighted by atomic mass is 19.1. The van der Waals surface area contributed by atoms with Crippen LogP contribution < -0.4 is 5.73 Å². The minimum atomic E-state index is -0.146. The summed E-state index contributed by atoms with van der Waals surface area (Å²) in [5.74, 6) is -0.146. The third kappa shape index (κ3) is 4.90. The first-order valence-corrected chi connectivity index (χ1v) is 6.84. The second-order valence-electron chi connectivity index (χ2n) is 5.30. The summed E-state index contributed by atoms with van der Waals surface area (Å²) in [6, 6.07) is 5.53. The molecule has 1 aromatic carbocycles. The van der Waals surface area contributed by atoms with Gasteiger partial charge in [-0.05, 0) is 39.2 Å². The molecule has 4 heteroatoms. The van der Waals surface area contributed by atoms with Gasteiger partial charge < -0.3 is 10.6 Å². The molecule has 0 fully saturated rings. The lowest BCUT2D eigenvalue weighted by molar-refractivity contribution is 0.172. The van der Waals surface area contributed by atoms with Crippen LogP contribution in [0.15, 0.2) is 18.2 Å². The minimum absolute atomic E-state index is 0.146. The zero-order chi connectivity index (χ0) is 14.4. The first-order chi connectivity index (χ1) is 8.97. The van der Waals surface area contributed by atoms with Gasteiger partial charge >= 0.3 is 0 Å². The van der Waals surface area contributed by atoms with Crippen LogP contribution in [0.2, 0.25) is 0 Å². The van der Waals surface area contributed by atoms with Crippen molar-refractivity contribution in [1.82, 2.24) is 9.80 Å². The van der Waals surface area contributed by atoms with Gasteiger partial charge in [-0.15, -0.1) is 0 Å². The molecule has 0 saturated heterocycles. The van der Waals surface area contributed by atoms with E-state index in [4.69, 9.17) is 5.73 Å². The molecule has 0 bridgehead atoms. The molecule has 2 N–H and O–H groups in total. The lowest BCUT2D eigenvalue weighted by Crippen LogP contribution is -2.39. The van der Waals surface area contributed by atoms with E-state index in [0.29, 0.717) is 19.1 Å². The van der Waals surface area contributed by atoms with Crippen molar-refractivity contribution < 1.29 is 4.39 Å². The highest BCUT2D eigenvalue weighted by Crippen LogP contribution is 2.15. The Morgan fingerprint density at radius 2 is 2.00 bits per heavy atom. The maximum Gasteiger partial charge on any atom is 0.127 e. The first kappa shape index (κ1) is 16.1. The molecule has 1 rings (SSSR count). The molecule has 0 spiro atoms. The van der Waals surface area contributed by atoms with Crippen LogP contribution in [0.5, 0.6) is 0 Å². The second kappa shape index (κ2) is 7.58. The molecule has 3 nitrogen and oxygen atoms in total. The zero-order valence-electron chi connectivity index (χ0n) is 12.5. The van der Waals surface area contributed by atoms with E-state index in [0.717, 1.165) is 24.2 Å². The molecule has 0 aliphatic carbocycles. The number of nitrogens with zero attached hydrogens (tertiary/aromatic N) is 2. The SMILES string of the molecule is CCN(Cc1cc(CN)ccc1F)C(C)CN(C)C. The summed E-state index contributed by atoms with van der Waals surface area (Å²) < 4.78 is 13.9. The van der Waals surface area contributed by atoms with Crippen LogP contribution in [0.4, 0.5) is 4.39 Å². The Labute approximate surface area is 116 Å². The molecule has 108 valence electrons. The van der Waals surface area contributed by atoms with Crippen LogP contribution >= 0.6 is 0 Å². The van der Waals surface area contributed by atoms with E-state index in [1.165, 1.54) is 6.07 Å². The van der Waals surface area contributed by atoms with Crippen LogP contribution in [0.25, 0.3) is 0 Å². The Hall–Kier alpha value is -0.970. The highest BCUT2D eigenvalue weighted by molar-refractivity contribution is 5.25. The van der Waals surface area contributed by atoms with Gasteiger partial charge in [-0.25, -0.2) is 4.39 Å². The van der Waals surface area contributed by atoms with Crippen molar-refractivity contribution in [3.63, 3.8) is 0 Å². The van der Waals surface area contributed by atoms with Crippen LogP contribution in [-0.2, 0) is 13.1 Å². The van der Waals surface area contributed by atoms with Crippen molar-refractivity contribution in [2.45, 2.75) is 33.0 Å². The molecular weight excluding hydrogens is 241 g/mol. The average Bonchev–Trinajstić information content (AvgIpc) is 2.36. The largest absolute Gasteiger partial charge is 0.326 e. The molecule has 0 aliphatic heterocycles. The van der Waals surface area contributed by atoms with E-state index < -0.39 is 0 Å². The Balaban J connectivity index is 2.80. The molecule has 1 aromatic rings. The molecule has 19 heavy (non-hydrogen) atoms. The predicted octanol–water partition coefficient (Wildman–Crippen LogP) is 2.06. The van der Waals surface area contributed by atoms with E-state index in [1.54, 1.807) is 6.07 Å². The fraction of sp³-hybridized carbons (Fsp3) is 0.600. The summed E-state index contributed by atoms with van der Waals surface area (Å²) in [5.41, 5.74) is 7.33. The van der Waals surface area contributed by atoms with Gasteiger partial charge in [-0.3, -0.25) is 4.90 Å². The molecule has 1 atom stereocenters. The van der Waals surface area contributed by atoms with E-state index in [1.807, 2.05) is 6.07 Å². The molecule has 0 saturated carbocycles. The summed E-state index contributed by atoms with van der Waals surface area (Å²) in [7, 11) is 4.11. The van der Waals surface area contributed by atoms with Crippen LogP contribution in [0.3, 0.4) is 0 Å². The molecule has 1 unspecified atom stereocenters. The highest BCUT2D eigenvalue weighted by Gasteiger charge is 2.15. The van der Waals surface area contributed by atoms with Gasteiger partial charge in [-0.1, -0.05) is 19.1 Å². The number of likely N-dealkylation sites (N-methyl/N-ethyl adjacent to an activating group) is 2. The number of benzene rings is 1. The van der Waals surface area contributed by atoms with Crippen molar-refractivity contribution in [1.29, 1.82) is 0 Å². The van der Waals surface area contributed by atoms with Gasteiger partial charge in [0.05, 0.1) is 0 Å². The monoisotopic (exact) mass is 267 g/mol. The Bertz CT molecular complexity index is 393. The molecule has 0 aromatic heterocycles. The summed E-state index contributed by atoms with van der Waals surface area (Å²) in [6.07, 6.45) is 0. The fourth-order valence-corrected chi connectivity index (χ4v) is 2.32. The van der Waals surface area contributed by atoms with Gasteiger partial charge in [0, 0.05) is 31.2 Å². The zero-order valence-corrected chi connectivity index (χ0v) is 12.5. The van der Waals surface area contributed by atoms with E-state index in [-0.39, 0.29) is 5.82 Å². The topological polar surface area (TPSA) is 32.5 Å². The second-order valence-corrected chi connectivity index (χ2v) is 5.30. The van der Waals surface area contributed by atoms with Crippen LogP contribution in [0.1, 0.15) is 25.0 Å². The van der Waals surface area contributed by atoms with Gasteiger partial charge in [0.15, 0.2) is 0 Å². The normalized spacial score (nSPS) is 13.3. The Kier molecular flexibility index (Phi) is 6.42. The van der Waals surface area contributed by atoms with Crippen LogP contribution in [0, 0.1) is 5.82 Å². The lowest BCUT2D eigenvalue weighted by atomic mass is 10.1. The van der Waals surface area contributed by atoms with E-state index in [2.05, 4.69) is 37.7 Å². The molecule has 0 amide bonds. The van der Waals surface area contributed by atoms with E-state index in [9.17, 15) is 4.39 Å². The lowest BCUT2D eigenvalue weighted by Gasteiger charge is -2.30. The van der Waals surface area contributed by atoms with Crippen molar-refractivity contribution in [3.05, 3.63) is 35.1 Å². The summed E-state index contributed by atoms with van der Waals surface area (Å²) >= 11 is 0. The summed E-state index contributed by atoms with van der Waals surface area (Å²) in [4.78, 5) is 4.43. The third-order valence-corrected chi connectivity index (χ3v) is 3.38. The van der Waals surface area contributed by atoms with Crippen molar-refractivity contribution in [2.24, 2.45) is 5.73 Å². The van der Waals surface area contributed by atoms with Gasteiger partial charge in [0.25, 0.3) is 0 Å². The van der Waals surface area contributed by atoms with Crippen molar-refractivity contribution in [3.8, 4) is 0 Å². The minimum Gasteiger partial charge on any atom is -0.326 e. The van der Waals surface area contributed by atoms with Crippen LogP contribution in [-0.4, -0.2) is 43.0 Å². The number of halogens is 1. The standard InChI is InChI=1S/C15H26FN3/c1-5-19(12(2)10-18(3)4)11-14-8-13(9-17)6-7-15(14)16/h6-8,12H,5,9-11,17H2,1-4H3. The molecule has 0 radical (unpaired) electrons. The average molecular weight is 267 g/mol. The van der Waals surface area contributed by atoms with Gasteiger partial charge in [0.2, 0.25) is 0 Å². The molecular formula is C15H26FN3. The Morgan fingerprint density at radius 3 is 2.53 bits per heavy atom. The van der Waals surface area contributed by atoms with Crippen molar-refractivity contribution >= 4 is 0 Å². The molecule has 0 heterocycles. The van der Waals surface area contributed by atoms with E-state index >= 15 is 0 Å². The number of nitrogens with two attached hydrogens (primary N) is 1. The molecule has 0 aliphatic rings. The summed E-state index contributed by atoms with van der Waals surface area (Å²) in [5, 5.41) is 0.